The van der Waals surface area contributed by atoms with Crippen molar-refractivity contribution < 1.29 is 14.3 Å². The van der Waals surface area contributed by atoms with Gasteiger partial charge in [-0.1, -0.05) is 30.3 Å². The molecule has 0 aromatic heterocycles. The van der Waals surface area contributed by atoms with Crippen LogP contribution in [0.15, 0.2) is 48.5 Å². The molecule has 1 fully saturated rings. The molecule has 24 heavy (non-hydrogen) atoms. The van der Waals surface area contributed by atoms with Crippen molar-refractivity contribution in [3.63, 3.8) is 0 Å². The van der Waals surface area contributed by atoms with Crippen molar-refractivity contribution in [1.29, 1.82) is 0 Å². The van der Waals surface area contributed by atoms with Gasteiger partial charge in [-0.05, 0) is 55.2 Å². The van der Waals surface area contributed by atoms with Gasteiger partial charge in [0, 0.05) is 11.5 Å². The zero-order chi connectivity index (χ0) is 16.9. The van der Waals surface area contributed by atoms with Gasteiger partial charge in [0.15, 0.2) is 5.78 Å². The number of carbonyl (C=O) groups excluding carboxylic acids is 1. The Morgan fingerprint density at radius 1 is 1.17 bits per heavy atom. The lowest BCUT2D eigenvalue weighted by Crippen LogP contribution is -2.00. The summed E-state index contributed by atoms with van der Waals surface area (Å²) < 4.78 is 11.3. The van der Waals surface area contributed by atoms with Crippen LogP contribution in [0.5, 0.6) is 11.5 Å². The summed E-state index contributed by atoms with van der Waals surface area (Å²) >= 11 is 0. The highest BCUT2D eigenvalue weighted by molar-refractivity contribution is 5.96. The quantitative estimate of drug-likeness (QED) is 0.700. The maximum absolute atomic E-state index is 11.8. The number of benzene rings is 2. The van der Waals surface area contributed by atoms with E-state index in [1.807, 2.05) is 55.5 Å². The Balaban J connectivity index is 1.74. The van der Waals surface area contributed by atoms with Crippen molar-refractivity contribution in [2.45, 2.75) is 26.4 Å². The highest BCUT2D eigenvalue weighted by Crippen LogP contribution is 2.30. The molecule has 1 aliphatic carbocycles. The molecule has 0 heterocycles. The number of rotatable bonds is 7. The smallest absolute Gasteiger partial charge is 0.158 e. The van der Waals surface area contributed by atoms with E-state index in [4.69, 9.17) is 9.47 Å². The van der Waals surface area contributed by atoms with Gasteiger partial charge in [-0.15, -0.1) is 0 Å². The second-order valence-electron chi connectivity index (χ2n) is 6.14. The first-order valence-electron chi connectivity index (χ1n) is 8.24. The van der Waals surface area contributed by atoms with E-state index < -0.39 is 0 Å². The van der Waals surface area contributed by atoms with Gasteiger partial charge in [0.05, 0.1) is 7.11 Å². The lowest BCUT2D eigenvalue weighted by Gasteiger charge is -2.12. The number of para-hydroxylation sites is 1. The Morgan fingerprint density at radius 2 is 1.96 bits per heavy atom. The van der Waals surface area contributed by atoms with Gasteiger partial charge in [-0.3, -0.25) is 4.79 Å². The van der Waals surface area contributed by atoms with E-state index in [-0.39, 0.29) is 11.7 Å². The summed E-state index contributed by atoms with van der Waals surface area (Å²) in [6, 6.07) is 13.8. The third kappa shape index (κ3) is 4.05. The van der Waals surface area contributed by atoms with E-state index in [0.29, 0.717) is 6.61 Å². The molecule has 3 rings (SSSR count). The summed E-state index contributed by atoms with van der Waals surface area (Å²) in [6.07, 6.45) is 5.62. The van der Waals surface area contributed by atoms with Crippen molar-refractivity contribution in [3.8, 4) is 11.5 Å². The van der Waals surface area contributed by atoms with Crippen LogP contribution in [0.4, 0.5) is 0 Å². The predicted molar refractivity (Wildman–Crippen MR) is 95.3 cm³/mol. The van der Waals surface area contributed by atoms with Crippen LogP contribution in [0, 0.1) is 12.8 Å². The molecule has 0 aliphatic heterocycles. The molecule has 2 aromatic rings. The van der Waals surface area contributed by atoms with Crippen LogP contribution in [-0.4, -0.2) is 12.9 Å². The van der Waals surface area contributed by atoms with Crippen LogP contribution in [0.3, 0.4) is 0 Å². The third-order valence-corrected chi connectivity index (χ3v) is 4.20. The summed E-state index contributed by atoms with van der Waals surface area (Å²) in [6.45, 7) is 2.45. The average Bonchev–Trinajstić information content (AvgIpc) is 3.44. The molecule has 0 bridgehead atoms. The molecule has 2 aromatic carbocycles. The first-order valence-corrected chi connectivity index (χ1v) is 8.24. The minimum absolute atomic E-state index is 0.225. The third-order valence-electron chi connectivity index (χ3n) is 4.20. The van der Waals surface area contributed by atoms with Crippen molar-refractivity contribution in [3.05, 3.63) is 65.2 Å². The van der Waals surface area contributed by atoms with Crippen LogP contribution in [0.25, 0.3) is 6.08 Å². The number of hydrogen-bond acceptors (Lipinski definition) is 3. The second kappa shape index (κ2) is 7.35. The first kappa shape index (κ1) is 16.3. The highest BCUT2D eigenvalue weighted by atomic mass is 16.5. The Hall–Kier alpha value is -2.55. The molecule has 0 N–H and O–H groups in total. The van der Waals surface area contributed by atoms with Crippen molar-refractivity contribution in [1.82, 2.24) is 0 Å². The second-order valence-corrected chi connectivity index (χ2v) is 6.14. The average molecular weight is 322 g/mol. The fraction of sp³-hybridized carbons (Fsp3) is 0.286. The number of allylic oxidation sites excluding steroid dienone is 1. The molecule has 0 saturated heterocycles. The Labute approximate surface area is 142 Å². The van der Waals surface area contributed by atoms with Gasteiger partial charge in [0.2, 0.25) is 0 Å². The Morgan fingerprint density at radius 3 is 2.67 bits per heavy atom. The van der Waals surface area contributed by atoms with Crippen LogP contribution in [0.2, 0.25) is 0 Å². The van der Waals surface area contributed by atoms with Crippen LogP contribution >= 0.6 is 0 Å². The van der Waals surface area contributed by atoms with E-state index in [1.54, 1.807) is 13.2 Å². The van der Waals surface area contributed by atoms with Gasteiger partial charge in [0.25, 0.3) is 0 Å². The van der Waals surface area contributed by atoms with E-state index in [1.165, 1.54) is 0 Å². The summed E-state index contributed by atoms with van der Waals surface area (Å²) in [5, 5.41) is 0. The predicted octanol–water partition coefficient (Wildman–Crippen LogP) is 4.57. The molecule has 0 spiro atoms. The lowest BCUT2D eigenvalue weighted by atomic mass is 10.1. The molecule has 0 amide bonds. The normalized spacial score (nSPS) is 13.9. The minimum atomic E-state index is 0.225. The molecule has 0 radical (unpaired) electrons. The fourth-order valence-electron chi connectivity index (χ4n) is 2.57. The van der Waals surface area contributed by atoms with Crippen LogP contribution in [0.1, 0.15) is 29.5 Å². The zero-order valence-corrected chi connectivity index (χ0v) is 14.1. The molecule has 1 aliphatic rings. The Kier molecular flexibility index (Phi) is 4.99. The molecular weight excluding hydrogens is 300 g/mol. The Bertz CT molecular complexity index is 757. The van der Waals surface area contributed by atoms with Gasteiger partial charge in [0.1, 0.15) is 18.1 Å². The largest absolute Gasteiger partial charge is 0.496 e. The summed E-state index contributed by atoms with van der Waals surface area (Å²) in [5.74, 6) is 2.13. The number of hydrogen-bond donors (Lipinski definition) is 0. The molecule has 0 unspecified atom stereocenters. The monoisotopic (exact) mass is 322 g/mol. The van der Waals surface area contributed by atoms with Gasteiger partial charge >= 0.3 is 0 Å². The molecule has 1 saturated carbocycles. The van der Waals surface area contributed by atoms with Crippen molar-refractivity contribution >= 4 is 11.9 Å². The summed E-state index contributed by atoms with van der Waals surface area (Å²) in [4.78, 5) is 11.8. The first-order chi connectivity index (χ1) is 11.7. The number of aryl methyl sites for hydroxylation is 1. The van der Waals surface area contributed by atoms with Crippen LogP contribution < -0.4 is 9.47 Å². The fourth-order valence-corrected chi connectivity index (χ4v) is 2.57. The molecule has 0 atom stereocenters. The van der Waals surface area contributed by atoms with Crippen molar-refractivity contribution in [2.24, 2.45) is 5.92 Å². The number of ether oxygens (including phenoxy) is 2. The van der Waals surface area contributed by atoms with E-state index in [0.717, 1.165) is 41.0 Å². The highest BCUT2D eigenvalue weighted by Gasteiger charge is 2.27. The number of ketones is 1. The number of carbonyl (C=O) groups is 1. The van der Waals surface area contributed by atoms with E-state index >= 15 is 0 Å². The van der Waals surface area contributed by atoms with Crippen LogP contribution in [-0.2, 0) is 11.4 Å². The van der Waals surface area contributed by atoms with Gasteiger partial charge in [-0.2, -0.15) is 0 Å². The standard InChI is InChI=1S/C21H22O3/c1-15-5-3-4-6-20(15)24-14-18-13-16(8-12-21(18)23-2)7-11-19(22)17-9-10-17/h3-8,11-13,17H,9-10,14H2,1-2H3/b11-7+. The molecule has 3 heteroatoms. The minimum Gasteiger partial charge on any atom is -0.496 e. The molecule has 124 valence electrons. The van der Waals surface area contributed by atoms with Gasteiger partial charge in [-0.25, -0.2) is 0 Å². The molecular formula is C21H22O3. The molecule has 3 nitrogen and oxygen atoms in total. The van der Waals surface area contributed by atoms with Gasteiger partial charge < -0.3 is 9.47 Å². The topological polar surface area (TPSA) is 35.5 Å². The summed E-state index contributed by atoms with van der Waals surface area (Å²) in [7, 11) is 1.65. The summed E-state index contributed by atoms with van der Waals surface area (Å²) in [5.41, 5.74) is 3.04. The number of methoxy groups -OCH3 is 1. The lowest BCUT2D eigenvalue weighted by molar-refractivity contribution is -0.115. The van der Waals surface area contributed by atoms with E-state index in [9.17, 15) is 4.79 Å². The van der Waals surface area contributed by atoms with Crippen molar-refractivity contribution in [2.75, 3.05) is 7.11 Å². The SMILES string of the molecule is COc1ccc(/C=C/C(=O)C2CC2)cc1COc1ccccc1C. The maximum atomic E-state index is 11.8. The van der Waals surface area contributed by atoms with E-state index in [2.05, 4.69) is 0 Å². The zero-order valence-electron chi connectivity index (χ0n) is 14.1. The maximum Gasteiger partial charge on any atom is 0.158 e.